The molecule has 0 bridgehead atoms. The second-order valence-corrected chi connectivity index (χ2v) is 13.5. The zero-order valence-corrected chi connectivity index (χ0v) is 25.3. The first-order valence-electron chi connectivity index (χ1n) is 14.5. The maximum Gasteiger partial charge on any atom is 0.243 e. The van der Waals surface area contributed by atoms with Gasteiger partial charge in [0.25, 0.3) is 0 Å². The SMILES string of the molecule is CCN(C(=O)CSc1nnc(-c2cccc(S(=O)(=O)N3CCOCC3)c2)n1C1CCCC1)c1cccc2ccccc12. The molecule has 11 heteroatoms. The van der Waals surface area contributed by atoms with Gasteiger partial charge in [-0.1, -0.05) is 73.1 Å². The zero-order chi connectivity index (χ0) is 29.1. The summed E-state index contributed by atoms with van der Waals surface area (Å²) in [5.41, 5.74) is 1.60. The van der Waals surface area contributed by atoms with Crippen molar-refractivity contribution in [2.75, 3.05) is 43.5 Å². The molecule has 0 N–H and O–H groups in total. The van der Waals surface area contributed by atoms with E-state index in [1.54, 1.807) is 18.2 Å². The lowest BCUT2D eigenvalue weighted by Gasteiger charge is -2.26. The van der Waals surface area contributed by atoms with Crippen LogP contribution in [0.5, 0.6) is 0 Å². The average molecular weight is 606 g/mol. The summed E-state index contributed by atoms with van der Waals surface area (Å²) in [6.07, 6.45) is 4.22. The first-order chi connectivity index (χ1) is 20.5. The van der Waals surface area contributed by atoms with Crippen LogP contribution in [-0.2, 0) is 19.6 Å². The van der Waals surface area contributed by atoms with Crippen molar-refractivity contribution < 1.29 is 17.9 Å². The molecule has 1 saturated carbocycles. The van der Waals surface area contributed by atoms with Gasteiger partial charge in [0.05, 0.1) is 29.5 Å². The number of carbonyl (C=O) groups is 1. The molecule has 220 valence electrons. The fraction of sp³-hybridized carbons (Fsp3) is 0.387. The van der Waals surface area contributed by atoms with Gasteiger partial charge in [0.2, 0.25) is 15.9 Å². The Bertz CT molecular complexity index is 1670. The third kappa shape index (κ3) is 5.70. The van der Waals surface area contributed by atoms with E-state index in [9.17, 15) is 13.2 Å². The number of carbonyl (C=O) groups excluding carboxylic acids is 1. The molecule has 0 unspecified atom stereocenters. The van der Waals surface area contributed by atoms with E-state index in [2.05, 4.69) is 26.9 Å². The lowest BCUT2D eigenvalue weighted by atomic mass is 10.1. The number of morpholine rings is 1. The number of amides is 1. The highest BCUT2D eigenvalue weighted by molar-refractivity contribution is 7.99. The Morgan fingerprint density at radius 3 is 2.52 bits per heavy atom. The number of ether oxygens (including phenoxy) is 1. The van der Waals surface area contributed by atoms with E-state index < -0.39 is 10.0 Å². The van der Waals surface area contributed by atoms with Crippen molar-refractivity contribution in [1.29, 1.82) is 0 Å². The molecule has 42 heavy (non-hydrogen) atoms. The van der Waals surface area contributed by atoms with Gasteiger partial charge in [0.1, 0.15) is 0 Å². The van der Waals surface area contributed by atoms with Crippen LogP contribution in [0.15, 0.2) is 76.8 Å². The van der Waals surface area contributed by atoms with Crippen molar-refractivity contribution in [1.82, 2.24) is 19.1 Å². The smallest absolute Gasteiger partial charge is 0.243 e. The highest BCUT2D eigenvalue weighted by atomic mass is 32.2. The van der Waals surface area contributed by atoms with Crippen LogP contribution in [0.4, 0.5) is 5.69 Å². The van der Waals surface area contributed by atoms with Crippen molar-refractivity contribution in [3.05, 3.63) is 66.7 Å². The van der Waals surface area contributed by atoms with E-state index >= 15 is 0 Å². The molecule has 1 aromatic heterocycles. The maximum absolute atomic E-state index is 13.6. The van der Waals surface area contributed by atoms with E-state index in [0.717, 1.165) is 42.1 Å². The molecule has 2 heterocycles. The minimum Gasteiger partial charge on any atom is -0.379 e. The van der Waals surface area contributed by atoms with Crippen molar-refractivity contribution in [2.24, 2.45) is 0 Å². The number of sulfonamides is 1. The van der Waals surface area contributed by atoms with Gasteiger partial charge >= 0.3 is 0 Å². The number of hydrogen-bond donors (Lipinski definition) is 0. The van der Waals surface area contributed by atoms with Crippen molar-refractivity contribution >= 4 is 44.2 Å². The van der Waals surface area contributed by atoms with Gasteiger partial charge in [-0.15, -0.1) is 10.2 Å². The molecule has 1 saturated heterocycles. The van der Waals surface area contributed by atoms with Gasteiger partial charge in [0.15, 0.2) is 11.0 Å². The monoisotopic (exact) mass is 605 g/mol. The highest BCUT2D eigenvalue weighted by Gasteiger charge is 2.29. The molecule has 2 fully saturated rings. The second-order valence-electron chi connectivity index (χ2n) is 10.6. The first kappa shape index (κ1) is 28.9. The number of aromatic nitrogens is 3. The summed E-state index contributed by atoms with van der Waals surface area (Å²) < 4.78 is 35.7. The summed E-state index contributed by atoms with van der Waals surface area (Å²) in [5.74, 6) is 0.852. The molecular formula is C31H35N5O4S2. The predicted octanol–water partition coefficient (Wildman–Crippen LogP) is 5.38. The fourth-order valence-corrected chi connectivity index (χ4v) is 8.26. The predicted molar refractivity (Wildman–Crippen MR) is 165 cm³/mol. The molecule has 1 amide bonds. The van der Waals surface area contributed by atoms with Crippen LogP contribution in [-0.4, -0.2) is 72.0 Å². The molecule has 9 nitrogen and oxygen atoms in total. The van der Waals surface area contributed by atoms with Crippen LogP contribution in [0.25, 0.3) is 22.2 Å². The topological polar surface area (TPSA) is 97.6 Å². The Kier molecular flexibility index (Phi) is 8.62. The van der Waals surface area contributed by atoms with Gasteiger partial charge in [-0.3, -0.25) is 9.36 Å². The van der Waals surface area contributed by atoms with Gasteiger partial charge in [0, 0.05) is 36.6 Å². The van der Waals surface area contributed by atoms with Crippen LogP contribution >= 0.6 is 11.8 Å². The quantitative estimate of drug-likeness (QED) is 0.236. The number of nitrogens with zero attached hydrogens (tertiary/aromatic N) is 5. The van der Waals surface area contributed by atoms with Crippen molar-refractivity contribution in [2.45, 2.75) is 48.7 Å². The molecular weight excluding hydrogens is 571 g/mol. The largest absolute Gasteiger partial charge is 0.379 e. The van der Waals surface area contributed by atoms with Crippen LogP contribution in [0, 0.1) is 0 Å². The lowest BCUT2D eigenvalue weighted by molar-refractivity contribution is -0.116. The summed E-state index contributed by atoms with van der Waals surface area (Å²) in [7, 11) is -3.65. The van der Waals surface area contributed by atoms with Crippen molar-refractivity contribution in [3.63, 3.8) is 0 Å². The summed E-state index contributed by atoms with van der Waals surface area (Å²) in [5, 5.41) is 11.9. The Morgan fingerprint density at radius 1 is 1.00 bits per heavy atom. The van der Waals surface area contributed by atoms with Gasteiger partial charge < -0.3 is 9.64 Å². The standard InChI is InChI=1S/C31H35N5O4S2/c1-2-35(28-16-8-10-23-9-3-6-15-27(23)28)29(37)22-41-31-33-32-30(36(31)25-12-4-5-13-25)24-11-7-14-26(21-24)42(38,39)34-17-19-40-20-18-34/h3,6-11,14-16,21,25H,2,4-5,12-13,17-20,22H2,1H3. The number of rotatable bonds is 9. The van der Waals surface area contributed by atoms with E-state index in [1.165, 1.54) is 16.1 Å². The van der Waals surface area contributed by atoms with Crippen LogP contribution in [0.1, 0.15) is 38.6 Å². The van der Waals surface area contributed by atoms with Crippen LogP contribution in [0.2, 0.25) is 0 Å². The third-order valence-corrected chi connectivity index (χ3v) is 10.9. The number of fused-ring (bicyclic) bond motifs is 1. The molecule has 1 aliphatic carbocycles. The highest BCUT2D eigenvalue weighted by Crippen LogP contribution is 2.37. The molecule has 1 aliphatic heterocycles. The van der Waals surface area contributed by atoms with E-state index in [-0.39, 0.29) is 22.6 Å². The summed E-state index contributed by atoms with van der Waals surface area (Å²) in [6, 6.07) is 21.3. The first-order valence-corrected chi connectivity index (χ1v) is 16.9. The molecule has 0 atom stereocenters. The molecule has 0 radical (unpaired) electrons. The Balaban J connectivity index is 1.28. The van der Waals surface area contributed by atoms with Gasteiger partial charge in [-0.05, 0) is 43.4 Å². The summed E-state index contributed by atoms with van der Waals surface area (Å²) in [4.78, 5) is 15.6. The average Bonchev–Trinajstić information content (AvgIpc) is 3.71. The summed E-state index contributed by atoms with van der Waals surface area (Å²) >= 11 is 1.39. The number of hydrogen-bond acceptors (Lipinski definition) is 7. The molecule has 3 aromatic carbocycles. The minimum absolute atomic E-state index is 0.0000214. The van der Waals surface area contributed by atoms with Crippen LogP contribution < -0.4 is 4.90 Å². The van der Waals surface area contributed by atoms with Gasteiger partial charge in [-0.2, -0.15) is 4.31 Å². The Hall–Kier alpha value is -3.25. The normalized spacial score (nSPS) is 16.7. The zero-order valence-electron chi connectivity index (χ0n) is 23.7. The van der Waals surface area contributed by atoms with Crippen LogP contribution in [0.3, 0.4) is 0 Å². The third-order valence-electron chi connectivity index (χ3n) is 8.05. The Morgan fingerprint density at radius 2 is 1.74 bits per heavy atom. The summed E-state index contributed by atoms with van der Waals surface area (Å²) in [6.45, 7) is 4.01. The molecule has 0 spiro atoms. The number of anilines is 1. The van der Waals surface area contributed by atoms with Crippen molar-refractivity contribution in [3.8, 4) is 11.4 Å². The molecule has 4 aromatic rings. The fourth-order valence-electron chi connectivity index (χ4n) is 5.92. The number of thioether (sulfide) groups is 1. The minimum atomic E-state index is -3.65. The maximum atomic E-state index is 13.6. The molecule has 2 aliphatic rings. The van der Waals surface area contributed by atoms with E-state index in [1.807, 2.05) is 48.2 Å². The number of benzene rings is 3. The van der Waals surface area contributed by atoms with E-state index in [4.69, 9.17) is 4.74 Å². The Labute approximate surface area is 250 Å². The molecule has 6 rings (SSSR count). The lowest BCUT2D eigenvalue weighted by Crippen LogP contribution is -2.40. The second kappa shape index (κ2) is 12.5. The van der Waals surface area contributed by atoms with Gasteiger partial charge in [-0.25, -0.2) is 8.42 Å². The van der Waals surface area contributed by atoms with E-state index in [0.29, 0.717) is 49.4 Å².